The number of nitrogens with zero attached hydrogens (tertiary/aromatic N) is 1. The van der Waals surface area contributed by atoms with Gasteiger partial charge in [0, 0.05) is 40.3 Å². The Bertz CT molecular complexity index is 1100. The number of carbonyl (C=O) groups is 2. The van der Waals surface area contributed by atoms with Crippen LogP contribution in [-0.4, -0.2) is 16.4 Å². The molecule has 9 heteroatoms. The molecule has 0 bridgehead atoms. The molecule has 0 atom stereocenters. The molecule has 3 aromatic rings. The minimum atomic E-state index is -0.461. The first-order valence-corrected chi connectivity index (χ1v) is 8.33. The summed E-state index contributed by atoms with van der Waals surface area (Å²) in [7, 11) is 1.90. The van der Waals surface area contributed by atoms with Crippen molar-refractivity contribution in [3.63, 3.8) is 0 Å². The first kappa shape index (κ1) is 24.3. The summed E-state index contributed by atoms with van der Waals surface area (Å²) in [5.74, 6) is -0.889. The van der Waals surface area contributed by atoms with Crippen molar-refractivity contribution in [3.8, 4) is 0 Å². The van der Waals surface area contributed by atoms with Gasteiger partial charge in [0.15, 0.2) is 0 Å². The molecule has 0 saturated carbocycles. The second kappa shape index (κ2) is 9.21. The van der Waals surface area contributed by atoms with E-state index in [1.165, 1.54) is 0 Å². The van der Waals surface area contributed by atoms with Gasteiger partial charge < -0.3 is 4.57 Å². The number of fused-ring (bicyclic) bond motifs is 1. The molecule has 2 heterocycles. The molecule has 0 fully saturated rings. The quantitative estimate of drug-likeness (QED) is 0.505. The van der Waals surface area contributed by atoms with Gasteiger partial charge in [-0.25, -0.2) is 0 Å². The van der Waals surface area contributed by atoms with Crippen molar-refractivity contribution in [2.45, 2.75) is 0 Å². The summed E-state index contributed by atoms with van der Waals surface area (Å²) < 4.78 is 1.93. The molecule has 0 radical (unpaired) electrons. The minimum absolute atomic E-state index is 0. The number of aromatic nitrogens is 1. The summed E-state index contributed by atoms with van der Waals surface area (Å²) in [6.45, 7) is 0. The second-order valence-electron chi connectivity index (χ2n) is 5.83. The highest BCUT2D eigenvalue weighted by molar-refractivity contribution is 6.51. The van der Waals surface area contributed by atoms with E-state index >= 15 is 0 Å². The number of para-hydroxylation sites is 1. The zero-order valence-corrected chi connectivity index (χ0v) is 18.3. The topological polar surface area (TPSA) is 51.1 Å². The van der Waals surface area contributed by atoms with Crippen LogP contribution in [0, 0.1) is 0 Å². The third kappa shape index (κ3) is 3.88. The molecule has 0 aliphatic carbocycles. The molecule has 0 saturated heterocycles. The van der Waals surface area contributed by atoms with Crippen LogP contribution >= 0.6 is 60.4 Å². The van der Waals surface area contributed by atoms with Crippen molar-refractivity contribution < 1.29 is 9.59 Å². The monoisotopic (exact) mass is 478 g/mol. The third-order valence-electron chi connectivity index (χ3n) is 4.30. The Kier molecular flexibility index (Phi) is 8.00. The predicted octanol–water partition coefficient (Wildman–Crippen LogP) is 5.32. The lowest BCUT2D eigenvalue weighted by Crippen LogP contribution is -2.22. The average molecular weight is 481 g/mol. The zero-order valence-electron chi connectivity index (χ0n) is 14.4. The molecule has 148 valence electrons. The standard InChI is InChI=1S/C19H12Cl2N2O2.3ClH/c1-23-9-13(11-4-2-3-5-15(11)23)17-16(18(24)22-19(17)25)12-7-6-10(20)8-14(12)21;;;/h2-9H,1H3,(H,22,24,25);3*1H. The Labute approximate surface area is 190 Å². The van der Waals surface area contributed by atoms with E-state index in [-0.39, 0.29) is 42.8 Å². The van der Waals surface area contributed by atoms with E-state index in [9.17, 15) is 9.59 Å². The molecule has 1 aromatic heterocycles. The Morgan fingerprint density at radius 3 is 2.11 bits per heavy atom. The van der Waals surface area contributed by atoms with Gasteiger partial charge in [-0.1, -0.05) is 47.5 Å². The average Bonchev–Trinajstić information content (AvgIpc) is 3.04. The van der Waals surface area contributed by atoms with E-state index in [4.69, 9.17) is 23.2 Å². The van der Waals surface area contributed by atoms with Crippen molar-refractivity contribution in [2.24, 2.45) is 7.05 Å². The van der Waals surface area contributed by atoms with Gasteiger partial charge >= 0.3 is 0 Å². The summed E-state index contributed by atoms with van der Waals surface area (Å²) in [4.78, 5) is 25.0. The fourth-order valence-electron chi connectivity index (χ4n) is 3.20. The van der Waals surface area contributed by atoms with E-state index in [1.807, 2.05) is 42.1 Å². The van der Waals surface area contributed by atoms with Gasteiger partial charge in [0.2, 0.25) is 0 Å². The number of imide groups is 1. The lowest BCUT2D eigenvalue weighted by atomic mass is 9.96. The number of benzene rings is 2. The maximum absolute atomic E-state index is 12.5. The van der Waals surface area contributed by atoms with E-state index in [1.54, 1.807) is 18.2 Å². The van der Waals surface area contributed by atoms with Crippen LogP contribution in [0.15, 0.2) is 48.7 Å². The van der Waals surface area contributed by atoms with Gasteiger partial charge in [-0.15, -0.1) is 37.2 Å². The summed E-state index contributed by atoms with van der Waals surface area (Å²) in [5.41, 5.74) is 2.74. The predicted molar refractivity (Wildman–Crippen MR) is 121 cm³/mol. The number of rotatable bonds is 2. The van der Waals surface area contributed by atoms with Gasteiger partial charge in [0.05, 0.1) is 16.2 Å². The van der Waals surface area contributed by atoms with Crippen molar-refractivity contribution in [3.05, 3.63) is 69.8 Å². The second-order valence-corrected chi connectivity index (χ2v) is 6.67. The van der Waals surface area contributed by atoms with Crippen molar-refractivity contribution in [2.75, 3.05) is 0 Å². The number of carbonyl (C=O) groups excluding carboxylic acids is 2. The Morgan fingerprint density at radius 1 is 0.857 bits per heavy atom. The van der Waals surface area contributed by atoms with Crippen LogP contribution in [0.25, 0.3) is 22.0 Å². The van der Waals surface area contributed by atoms with E-state index in [2.05, 4.69) is 5.32 Å². The van der Waals surface area contributed by atoms with Gasteiger partial charge in [0.1, 0.15) is 0 Å². The smallest absolute Gasteiger partial charge is 0.259 e. The molecular formula is C19H15Cl5N2O2. The number of amides is 2. The molecule has 1 aliphatic rings. The molecule has 28 heavy (non-hydrogen) atoms. The van der Waals surface area contributed by atoms with E-state index in [0.29, 0.717) is 26.7 Å². The highest BCUT2D eigenvalue weighted by Gasteiger charge is 2.34. The number of nitrogens with one attached hydrogen (secondary N) is 1. The molecule has 4 nitrogen and oxygen atoms in total. The lowest BCUT2D eigenvalue weighted by molar-refractivity contribution is -0.122. The van der Waals surface area contributed by atoms with Gasteiger partial charge in [-0.05, 0) is 18.2 Å². The van der Waals surface area contributed by atoms with Gasteiger partial charge in [0.25, 0.3) is 11.8 Å². The normalized spacial score (nSPS) is 13.0. The van der Waals surface area contributed by atoms with Crippen LogP contribution in [0.3, 0.4) is 0 Å². The highest BCUT2D eigenvalue weighted by Crippen LogP contribution is 2.38. The van der Waals surface area contributed by atoms with E-state index in [0.717, 1.165) is 10.9 Å². The van der Waals surface area contributed by atoms with Gasteiger partial charge in [-0.3, -0.25) is 14.9 Å². The Morgan fingerprint density at radius 2 is 1.46 bits per heavy atom. The highest BCUT2D eigenvalue weighted by atomic mass is 35.5. The Balaban J connectivity index is 0.00000131. The fraction of sp³-hybridized carbons (Fsp3) is 0.0526. The largest absolute Gasteiger partial charge is 0.350 e. The molecule has 1 aliphatic heterocycles. The molecule has 4 rings (SSSR count). The maximum Gasteiger partial charge on any atom is 0.259 e. The van der Waals surface area contributed by atoms with Crippen LogP contribution < -0.4 is 5.32 Å². The van der Waals surface area contributed by atoms with Gasteiger partial charge in [-0.2, -0.15) is 0 Å². The van der Waals surface area contributed by atoms with Crippen molar-refractivity contribution in [1.82, 2.24) is 9.88 Å². The molecule has 2 aromatic carbocycles. The molecule has 0 spiro atoms. The SMILES string of the molecule is Cl.Cl.Cl.Cn1cc(C2=C(c3ccc(Cl)cc3Cl)C(=O)NC2=O)c2ccccc21. The Hall–Kier alpha value is -1.69. The summed E-state index contributed by atoms with van der Waals surface area (Å²) in [6, 6.07) is 12.6. The number of halogens is 5. The first-order chi connectivity index (χ1) is 12.0. The van der Waals surface area contributed by atoms with Crippen LogP contribution in [0.2, 0.25) is 10.0 Å². The maximum atomic E-state index is 12.5. The lowest BCUT2D eigenvalue weighted by Gasteiger charge is -2.06. The molecule has 2 amide bonds. The third-order valence-corrected chi connectivity index (χ3v) is 4.85. The summed E-state index contributed by atoms with van der Waals surface area (Å²) in [5, 5.41) is 4.06. The van der Waals surface area contributed by atoms with Crippen LogP contribution in [0.4, 0.5) is 0 Å². The minimum Gasteiger partial charge on any atom is -0.350 e. The number of aryl methyl sites for hydroxylation is 1. The fourth-order valence-corrected chi connectivity index (χ4v) is 3.71. The van der Waals surface area contributed by atoms with Crippen molar-refractivity contribution >= 4 is 94.3 Å². The van der Waals surface area contributed by atoms with Crippen LogP contribution in [0.5, 0.6) is 0 Å². The van der Waals surface area contributed by atoms with Crippen molar-refractivity contribution in [1.29, 1.82) is 0 Å². The molecule has 0 unspecified atom stereocenters. The number of hydrogen-bond acceptors (Lipinski definition) is 2. The van der Waals surface area contributed by atoms with Crippen LogP contribution in [-0.2, 0) is 16.6 Å². The van der Waals surface area contributed by atoms with Crippen LogP contribution in [0.1, 0.15) is 11.1 Å². The zero-order chi connectivity index (χ0) is 17.7. The number of hydrogen-bond donors (Lipinski definition) is 1. The summed E-state index contributed by atoms with van der Waals surface area (Å²) in [6.07, 6.45) is 1.85. The summed E-state index contributed by atoms with van der Waals surface area (Å²) >= 11 is 12.2. The molecule has 1 N–H and O–H groups in total. The molecular weight excluding hydrogens is 465 g/mol. The first-order valence-electron chi connectivity index (χ1n) is 7.57. The van der Waals surface area contributed by atoms with E-state index < -0.39 is 11.8 Å².